The molecule has 1 fully saturated rings. The molecule has 1 aliphatic rings. The number of nitrogen functional groups attached to an aromatic ring is 1. The Hall–Kier alpha value is -3.24. The molecular formula is C21H22N6O. The van der Waals surface area contributed by atoms with Gasteiger partial charge in [-0.25, -0.2) is 15.0 Å². The van der Waals surface area contributed by atoms with Gasteiger partial charge in [-0.05, 0) is 31.7 Å². The SMILES string of the molecule is COC1CCC(Nc2ncc3c(N)ncc(-c4ccccc4C#N)c3n2)CC1. The van der Waals surface area contributed by atoms with Gasteiger partial charge < -0.3 is 15.8 Å². The van der Waals surface area contributed by atoms with E-state index in [1.807, 2.05) is 18.2 Å². The number of ether oxygens (including phenoxy) is 1. The molecule has 0 radical (unpaired) electrons. The molecule has 3 N–H and O–H groups in total. The minimum atomic E-state index is 0.317. The minimum Gasteiger partial charge on any atom is -0.383 e. The molecule has 0 amide bonds. The highest BCUT2D eigenvalue weighted by molar-refractivity contribution is 5.99. The highest BCUT2D eigenvalue weighted by Gasteiger charge is 2.22. The van der Waals surface area contributed by atoms with Crippen LogP contribution in [0.15, 0.2) is 36.7 Å². The van der Waals surface area contributed by atoms with Crippen molar-refractivity contribution in [3.05, 3.63) is 42.2 Å². The van der Waals surface area contributed by atoms with Crippen LogP contribution in [0.2, 0.25) is 0 Å². The second-order valence-electron chi connectivity index (χ2n) is 7.02. The Bertz CT molecular complexity index is 1040. The quantitative estimate of drug-likeness (QED) is 0.719. The summed E-state index contributed by atoms with van der Waals surface area (Å²) in [4.78, 5) is 13.5. The highest BCUT2D eigenvalue weighted by Crippen LogP contribution is 2.32. The van der Waals surface area contributed by atoms with Crippen molar-refractivity contribution in [1.82, 2.24) is 15.0 Å². The van der Waals surface area contributed by atoms with Gasteiger partial charge in [-0.3, -0.25) is 0 Å². The van der Waals surface area contributed by atoms with Crippen LogP contribution in [0.5, 0.6) is 0 Å². The second kappa shape index (κ2) is 7.79. The van der Waals surface area contributed by atoms with Gasteiger partial charge in [0.15, 0.2) is 0 Å². The van der Waals surface area contributed by atoms with Gasteiger partial charge in [0.2, 0.25) is 5.95 Å². The molecule has 2 heterocycles. The largest absolute Gasteiger partial charge is 0.383 e. The Morgan fingerprint density at radius 3 is 2.64 bits per heavy atom. The van der Waals surface area contributed by atoms with Crippen molar-refractivity contribution < 1.29 is 4.74 Å². The average molecular weight is 374 g/mol. The van der Waals surface area contributed by atoms with E-state index in [-0.39, 0.29) is 0 Å². The first-order chi connectivity index (χ1) is 13.7. The molecule has 7 heteroatoms. The molecular weight excluding hydrogens is 352 g/mol. The average Bonchev–Trinajstić information content (AvgIpc) is 2.74. The highest BCUT2D eigenvalue weighted by atomic mass is 16.5. The van der Waals surface area contributed by atoms with Gasteiger partial charge in [0, 0.05) is 36.7 Å². The summed E-state index contributed by atoms with van der Waals surface area (Å²) in [5.74, 6) is 0.940. The number of nitrogens with one attached hydrogen (secondary N) is 1. The summed E-state index contributed by atoms with van der Waals surface area (Å²) in [5.41, 5.74) is 8.87. The topological polar surface area (TPSA) is 110 Å². The third-order valence-corrected chi connectivity index (χ3v) is 5.33. The zero-order chi connectivity index (χ0) is 19.5. The van der Waals surface area contributed by atoms with Gasteiger partial charge in [0.05, 0.1) is 28.6 Å². The van der Waals surface area contributed by atoms with Gasteiger partial charge in [0.25, 0.3) is 0 Å². The molecule has 0 unspecified atom stereocenters. The first-order valence-electron chi connectivity index (χ1n) is 9.39. The van der Waals surface area contributed by atoms with Gasteiger partial charge in [0.1, 0.15) is 5.82 Å². The van der Waals surface area contributed by atoms with Crippen LogP contribution in [0.1, 0.15) is 31.2 Å². The van der Waals surface area contributed by atoms with E-state index >= 15 is 0 Å². The van der Waals surface area contributed by atoms with Gasteiger partial charge in [-0.1, -0.05) is 18.2 Å². The summed E-state index contributed by atoms with van der Waals surface area (Å²) in [7, 11) is 1.77. The molecule has 28 heavy (non-hydrogen) atoms. The van der Waals surface area contributed by atoms with E-state index in [0.29, 0.717) is 40.4 Å². The molecule has 0 saturated heterocycles. The second-order valence-corrected chi connectivity index (χ2v) is 7.02. The maximum atomic E-state index is 9.47. The summed E-state index contributed by atoms with van der Waals surface area (Å²) in [6, 6.07) is 9.97. The molecule has 7 nitrogen and oxygen atoms in total. The predicted molar refractivity (Wildman–Crippen MR) is 109 cm³/mol. The lowest BCUT2D eigenvalue weighted by Gasteiger charge is -2.28. The Balaban J connectivity index is 1.71. The maximum Gasteiger partial charge on any atom is 0.223 e. The van der Waals surface area contributed by atoms with Crippen LogP contribution in [0.25, 0.3) is 22.0 Å². The number of pyridine rings is 1. The first kappa shape index (κ1) is 18.1. The fourth-order valence-electron chi connectivity index (χ4n) is 3.75. The first-order valence-corrected chi connectivity index (χ1v) is 9.39. The van der Waals surface area contributed by atoms with E-state index < -0.39 is 0 Å². The smallest absolute Gasteiger partial charge is 0.223 e. The van der Waals surface area contributed by atoms with Crippen LogP contribution in [-0.2, 0) is 4.74 Å². The van der Waals surface area contributed by atoms with Crippen LogP contribution in [-0.4, -0.2) is 34.2 Å². The van der Waals surface area contributed by atoms with Crippen molar-refractivity contribution in [1.29, 1.82) is 5.26 Å². The Morgan fingerprint density at radius 2 is 1.89 bits per heavy atom. The maximum absolute atomic E-state index is 9.47. The number of nitrogens with zero attached hydrogens (tertiary/aromatic N) is 4. The van der Waals surface area contributed by atoms with E-state index in [0.717, 1.165) is 36.8 Å². The number of anilines is 2. The van der Waals surface area contributed by atoms with E-state index in [4.69, 9.17) is 15.5 Å². The minimum absolute atomic E-state index is 0.317. The lowest BCUT2D eigenvalue weighted by atomic mass is 9.93. The van der Waals surface area contributed by atoms with Crippen molar-refractivity contribution in [2.45, 2.75) is 37.8 Å². The van der Waals surface area contributed by atoms with Gasteiger partial charge in [-0.15, -0.1) is 0 Å². The number of hydrogen-bond acceptors (Lipinski definition) is 7. The molecule has 2 aromatic heterocycles. The number of benzene rings is 1. The van der Waals surface area contributed by atoms with Crippen LogP contribution in [0.3, 0.4) is 0 Å². The normalized spacial score (nSPS) is 19.3. The van der Waals surface area contributed by atoms with Crippen molar-refractivity contribution in [3.63, 3.8) is 0 Å². The number of rotatable bonds is 4. The van der Waals surface area contributed by atoms with Gasteiger partial charge >= 0.3 is 0 Å². The molecule has 1 aromatic carbocycles. The lowest BCUT2D eigenvalue weighted by molar-refractivity contribution is 0.0681. The number of nitriles is 1. The summed E-state index contributed by atoms with van der Waals surface area (Å²) in [5, 5.41) is 13.6. The molecule has 142 valence electrons. The lowest BCUT2D eigenvalue weighted by Crippen LogP contribution is -2.29. The van der Waals surface area contributed by atoms with Crippen molar-refractivity contribution in [2.75, 3.05) is 18.2 Å². The molecule has 4 rings (SSSR count). The fraction of sp³-hybridized carbons (Fsp3) is 0.333. The third kappa shape index (κ3) is 3.47. The van der Waals surface area contributed by atoms with E-state index in [1.165, 1.54) is 0 Å². The Labute approximate surface area is 163 Å². The predicted octanol–water partition coefficient (Wildman–Crippen LogP) is 3.52. The zero-order valence-corrected chi connectivity index (χ0v) is 15.7. The summed E-state index contributed by atoms with van der Waals surface area (Å²) < 4.78 is 5.44. The van der Waals surface area contributed by atoms with Crippen molar-refractivity contribution in [3.8, 4) is 17.2 Å². The van der Waals surface area contributed by atoms with E-state index in [1.54, 1.807) is 25.6 Å². The van der Waals surface area contributed by atoms with E-state index in [2.05, 4.69) is 21.4 Å². The molecule has 1 aliphatic carbocycles. The summed E-state index contributed by atoms with van der Waals surface area (Å²) in [6.45, 7) is 0. The number of nitrogens with two attached hydrogens (primary N) is 1. The van der Waals surface area contributed by atoms with E-state index in [9.17, 15) is 5.26 Å². The molecule has 0 bridgehead atoms. The van der Waals surface area contributed by atoms with Crippen LogP contribution >= 0.6 is 0 Å². The van der Waals surface area contributed by atoms with Crippen LogP contribution in [0, 0.1) is 11.3 Å². The molecule has 0 spiro atoms. The zero-order valence-electron chi connectivity index (χ0n) is 15.7. The van der Waals surface area contributed by atoms with Crippen LogP contribution in [0.4, 0.5) is 11.8 Å². The van der Waals surface area contributed by atoms with Crippen molar-refractivity contribution in [2.24, 2.45) is 0 Å². The fourth-order valence-corrected chi connectivity index (χ4v) is 3.75. The number of fused-ring (bicyclic) bond motifs is 1. The molecule has 0 atom stereocenters. The van der Waals surface area contributed by atoms with Gasteiger partial charge in [-0.2, -0.15) is 5.26 Å². The molecule has 1 saturated carbocycles. The third-order valence-electron chi connectivity index (χ3n) is 5.33. The number of aromatic nitrogens is 3. The Kier molecular flexibility index (Phi) is 5.04. The molecule has 3 aromatic rings. The van der Waals surface area contributed by atoms with Crippen LogP contribution < -0.4 is 11.1 Å². The summed E-state index contributed by atoms with van der Waals surface area (Å²) >= 11 is 0. The summed E-state index contributed by atoms with van der Waals surface area (Å²) in [6.07, 6.45) is 7.81. The standard InChI is InChI=1S/C21H22N6O/c1-28-15-8-6-14(7-9-15)26-21-25-12-18-19(27-21)17(11-24-20(18)23)16-5-3-2-4-13(16)10-22/h2-5,11-12,14-15H,6-9H2,1H3,(H2,23,24)(H,25,26,27). The monoisotopic (exact) mass is 374 g/mol. The number of hydrogen-bond donors (Lipinski definition) is 2. The van der Waals surface area contributed by atoms with Crippen molar-refractivity contribution >= 4 is 22.7 Å². The molecule has 0 aliphatic heterocycles. The Morgan fingerprint density at radius 1 is 1.11 bits per heavy atom. The number of methoxy groups -OCH3 is 1.